The highest BCUT2D eigenvalue weighted by molar-refractivity contribution is 5.95. The molecule has 2 aromatic heterocycles. The molecule has 1 aliphatic heterocycles. The number of aryl methyl sites for hydroxylation is 2. The van der Waals surface area contributed by atoms with E-state index in [0.717, 1.165) is 22.2 Å². The number of fused-ring (bicyclic) bond motifs is 2. The molecule has 4 rings (SSSR count). The summed E-state index contributed by atoms with van der Waals surface area (Å²) in [7, 11) is 2.99. The Morgan fingerprint density at radius 1 is 1.25 bits per heavy atom. The van der Waals surface area contributed by atoms with Crippen LogP contribution in [-0.4, -0.2) is 33.7 Å². The predicted molar refractivity (Wildman–Crippen MR) is 105 cm³/mol. The van der Waals surface area contributed by atoms with E-state index >= 15 is 0 Å². The maximum absolute atomic E-state index is 13.1. The molecule has 144 valence electrons. The fraction of sp³-hybridized carbons (Fsp3) is 0.300. The van der Waals surface area contributed by atoms with E-state index in [-0.39, 0.29) is 23.5 Å². The van der Waals surface area contributed by atoms with E-state index in [4.69, 9.17) is 4.74 Å². The maximum Gasteiger partial charge on any atom is 0.332 e. The summed E-state index contributed by atoms with van der Waals surface area (Å²) in [6.45, 7) is 1.96. The predicted octanol–water partition coefficient (Wildman–Crippen LogP) is 1.00. The Hall–Kier alpha value is -3.42. The molecule has 8 heteroatoms. The molecule has 28 heavy (non-hydrogen) atoms. The number of carbonyl (C=O) groups excluding carboxylic acids is 1. The van der Waals surface area contributed by atoms with Crippen molar-refractivity contribution in [1.82, 2.24) is 14.1 Å². The molecule has 0 N–H and O–H groups in total. The van der Waals surface area contributed by atoms with Gasteiger partial charge in [-0.05, 0) is 25.0 Å². The number of amides is 1. The minimum absolute atomic E-state index is 0.194. The van der Waals surface area contributed by atoms with Crippen LogP contribution in [0.4, 0.5) is 5.69 Å². The standard InChI is InChI=1S/C20H20N4O4/c1-12-10-21-18-16(17(12)28-3)19(26)24(20(27)22(18)2)11-15(25)23-9-8-13-6-4-5-7-14(13)23/h4-7,10H,8-9,11H2,1-3H3. The zero-order valence-electron chi connectivity index (χ0n) is 15.9. The molecule has 0 atom stereocenters. The second kappa shape index (κ2) is 6.63. The van der Waals surface area contributed by atoms with Crippen LogP contribution in [0.5, 0.6) is 5.75 Å². The molecule has 0 saturated carbocycles. The molecule has 0 spiro atoms. The third-order valence-electron chi connectivity index (χ3n) is 5.17. The average Bonchev–Trinajstić information content (AvgIpc) is 3.13. The van der Waals surface area contributed by atoms with Crippen LogP contribution in [0.15, 0.2) is 40.1 Å². The molecule has 1 amide bonds. The summed E-state index contributed by atoms with van der Waals surface area (Å²) in [5.41, 5.74) is 1.65. The van der Waals surface area contributed by atoms with Crippen LogP contribution >= 0.6 is 0 Å². The number of para-hydroxylation sites is 1. The summed E-state index contributed by atoms with van der Waals surface area (Å²) in [6, 6.07) is 7.64. The van der Waals surface area contributed by atoms with Gasteiger partial charge in [0.05, 0.1) is 7.11 Å². The van der Waals surface area contributed by atoms with Gasteiger partial charge >= 0.3 is 5.69 Å². The Bertz CT molecular complexity index is 1230. The molecule has 0 bridgehead atoms. The van der Waals surface area contributed by atoms with E-state index in [1.54, 1.807) is 18.0 Å². The lowest BCUT2D eigenvalue weighted by Gasteiger charge is -2.18. The highest BCUT2D eigenvalue weighted by Crippen LogP contribution is 2.27. The average molecular weight is 380 g/mol. The molecular formula is C20H20N4O4. The topological polar surface area (TPSA) is 86.4 Å². The van der Waals surface area contributed by atoms with Gasteiger partial charge in [0.2, 0.25) is 5.91 Å². The normalized spacial score (nSPS) is 13.0. The lowest BCUT2D eigenvalue weighted by molar-refractivity contribution is -0.119. The number of hydrogen-bond acceptors (Lipinski definition) is 5. The number of anilines is 1. The summed E-state index contributed by atoms with van der Waals surface area (Å²) in [5.74, 6) is 0.0568. The van der Waals surface area contributed by atoms with Crippen molar-refractivity contribution >= 4 is 22.6 Å². The molecular weight excluding hydrogens is 360 g/mol. The van der Waals surface area contributed by atoms with Crippen molar-refractivity contribution in [2.75, 3.05) is 18.6 Å². The van der Waals surface area contributed by atoms with Crippen LogP contribution in [0.2, 0.25) is 0 Å². The van der Waals surface area contributed by atoms with E-state index in [0.29, 0.717) is 17.9 Å². The summed E-state index contributed by atoms with van der Waals surface area (Å²) in [4.78, 5) is 44.6. The molecule has 0 saturated heterocycles. The van der Waals surface area contributed by atoms with E-state index < -0.39 is 11.2 Å². The summed E-state index contributed by atoms with van der Waals surface area (Å²) < 4.78 is 7.60. The number of hydrogen-bond donors (Lipinski definition) is 0. The molecule has 8 nitrogen and oxygen atoms in total. The van der Waals surface area contributed by atoms with Crippen molar-refractivity contribution in [3.63, 3.8) is 0 Å². The minimum Gasteiger partial charge on any atom is -0.495 e. The van der Waals surface area contributed by atoms with Crippen LogP contribution < -0.4 is 20.9 Å². The van der Waals surface area contributed by atoms with Crippen molar-refractivity contribution in [2.24, 2.45) is 7.05 Å². The quantitative estimate of drug-likeness (QED) is 0.677. The first kappa shape index (κ1) is 18.0. The number of carbonyl (C=O) groups is 1. The Balaban J connectivity index is 1.83. The zero-order valence-corrected chi connectivity index (χ0v) is 15.9. The molecule has 1 aromatic carbocycles. The molecule has 0 radical (unpaired) electrons. The lowest BCUT2D eigenvalue weighted by atomic mass is 10.2. The molecule has 0 unspecified atom stereocenters. The zero-order chi connectivity index (χ0) is 20.0. The van der Waals surface area contributed by atoms with Gasteiger partial charge in [-0.15, -0.1) is 0 Å². The van der Waals surface area contributed by atoms with Crippen molar-refractivity contribution in [3.05, 3.63) is 62.4 Å². The Labute approximate surface area is 160 Å². The maximum atomic E-state index is 13.1. The van der Waals surface area contributed by atoms with Crippen molar-refractivity contribution < 1.29 is 9.53 Å². The van der Waals surface area contributed by atoms with Gasteiger partial charge in [-0.2, -0.15) is 0 Å². The molecule has 3 aromatic rings. The number of benzene rings is 1. The highest BCUT2D eigenvalue weighted by atomic mass is 16.5. The summed E-state index contributed by atoms with van der Waals surface area (Å²) in [6.07, 6.45) is 2.31. The van der Waals surface area contributed by atoms with Crippen LogP contribution in [0.3, 0.4) is 0 Å². The number of ether oxygens (including phenoxy) is 1. The van der Waals surface area contributed by atoms with E-state index in [1.807, 2.05) is 24.3 Å². The molecule has 3 heterocycles. The van der Waals surface area contributed by atoms with Crippen molar-refractivity contribution in [1.29, 1.82) is 0 Å². The molecule has 0 fully saturated rings. The Morgan fingerprint density at radius 2 is 2.00 bits per heavy atom. The van der Waals surface area contributed by atoms with Crippen LogP contribution in [0.1, 0.15) is 11.1 Å². The van der Waals surface area contributed by atoms with Gasteiger partial charge < -0.3 is 9.64 Å². The first-order valence-electron chi connectivity index (χ1n) is 8.95. The van der Waals surface area contributed by atoms with E-state index in [2.05, 4.69) is 4.98 Å². The summed E-state index contributed by atoms with van der Waals surface area (Å²) in [5, 5.41) is 0.194. The van der Waals surface area contributed by atoms with Crippen LogP contribution in [-0.2, 0) is 24.8 Å². The number of methoxy groups -OCH3 is 1. The van der Waals surface area contributed by atoms with Gasteiger partial charge in [0.15, 0.2) is 5.65 Å². The first-order valence-corrected chi connectivity index (χ1v) is 8.95. The lowest BCUT2D eigenvalue weighted by Crippen LogP contribution is -2.44. The van der Waals surface area contributed by atoms with Gasteiger partial charge in [-0.25, -0.2) is 14.3 Å². The number of nitrogens with zero attached hydrogens (tertiary/aromatic N) is 4. The van der Waals surface area contributed by atoms with Crippen molar-refractivity contribution in [3.8, 4) is 5.75 Å². The Kier molecular flexibility index (Phi) is 4.26. The fourth-order valence-corrected chi connectivity index (χ4v) is 3.74. The summed E-state index contributed by atoms with van der Waals surface area (Å²) >= 11 is 0. The second-order valence-corrected chi connectivity index (χ2v) is 6.83. The smallest absolute Gasteiger partial charge is 0.332 e. The first-order chi connectivity index (χ1) is 13.4. The molecule has 0 aliphatic carbocycles. The van der Waals surface area contributed by atoms with E-state index in [1.165, 1.54) is 18.7 Å². The molecule has 1 aliphatic rings. The number of rotatable bonds is 3. The van der Waals surface area contributed by atoms with Gasteiger partial charge in [0, 0.05) is 31.0 Å². The third-order valence-corrected chi connectivity index (χ3v) is 5.17. The second-order valence-electron chi connectivity index (χ2n) is 6.83. The highest BCUT2D eigenvalue weighted by Gasteiger charge is 2.26. The van der Waals surface area contributed by atoms with Gasteiger partial charge in [0.1, 0.15) is 17.7 Å². The van der Waals surface area contributed by atoms with Crippen LogP contribution in [0.25, 0.3) is 11.0 Å². The van der Waals surface area contributed by atoms with Crippen LogP contribution in [0, 0.1) is 6.92 Å². The number of aromatic nitrogens is 3. The monoisotopic (exact) mass is 380 g/mol. The van der Waals surface area contributed by atoms with Crippen molar-refractivity contribution in [2.45, 2.75) is 19.9 Å². The Morgan fingerprint density at radius 3 is 2.75 bits per heavy atom. The van der Waals surface area contributed by atoms with Gasteiger partial charge in [-0.3, -0.25) is 14.2 Å². The number of pyridine rings is 1. The SMILES string of the molecule is COc1c(C)cnc2c1c(=O)n(CC(=O)N1CCc3ccccc31)c(=O)n2C. The van der Waals surface area contributed by atoms with Gasteiger partial charge in [0.25, 0.3) is 5.56 Å². The largest absolute Gasteiger partial charge is 0.495 e. The minimum atomic E-state index is -0.586. The van der Waals surface area contributed by atoms with Gasteiger partial charge in [-0.1, -0.05) is 18.2 Å². The fourth-order valence-electron chi connectivity index (χ4n) is 3.74. The van der Waals surface area contributed by atoms with E-state index in [9.17, 15) is 14.4 Å². The third kappa shape index (κ3) is 2.60.